The molecule has 0 aliphatic heterocycles. The molecular formula is C7H16BrN. The first-order chi connectivity index (χ1) is 4.16. The van der Waals surface area contributed by atoms with Gasteiger partial charge in [0.2, 0.25) is 0 Å². The Hall–Kier alpha value is 0.440. The van der Waals surface area contributed by atoms with Crippen LogP contribution in [0, 0.1) is 5.92 Å². The molecule has 0 N–H and O–H groups in total. The summed E-state index contributed by atoms with van der Waals surface area (Å²) in [4.78, 5) is 2.26. The van der Waals surface area contributed by atoms with E-state index >= 15 is 0 Å². The lowest BCUT2D eigenvalue weighted by molar-refractivity contribution is 0.360. The maximum Gasteiger partial charge on any atom is 0.0539 e. The molecule has 0 heterocycles. The zero-order chi connectivity index (χ0) is 7.28. The van der Waals surface area contributed by atoms with E-state index in [9.17, 15) is 0 Å². The second-order valence-electron chi connectivity index (χ2n) is 2.88. The van der Waals surface area contributed by atoms with Crippen molar-refractivity contribution in [3.8, 4) is 0 Å². The molecule has 9 heavy (non-hydrogen) atoms. The van der Waals surface area contributed by atoms with E-state index < -0.39 is 0 Å². The van der Waals surface area contributed by atoms with Crippen molar-refractivity contribution in [3.05, 3.63) is 0 Å². The van der Waals surface area contributed by atoms with E-state index in [0.29, 0.717) is 0 Å². The van der Waals surface area contributed by atoms with Crippen molar-refractivity contribution < 1.29 is 0 Å². The molecular weight excluding hydrogens is 178 g/mol. The van der Waals surface area contributed by atoms with Gasteiger partial charge in [0.15, 0.2) is 0 Å². The van der Waals surface area contributed by atoms with Gasteiger partial charge in [0.1, 0.15) is 0 Å². The normalized spacial score (nSPS) is 11.3. The van der Waals surface area contributed by atoms with Gasteiger partial charge in [0, 0.05) is 0 Å². The highest BCUT2D eigenvalue weighted by Crippen LogP contribution is 2.00. The van der Waals surface area contributed by atoms with E-state index in [1.54, 1.807) is 0 Å². The Morgan fingerprint density at radius 3 is 2.33 bits per heavy atom. The van der Waals surface area contributed by atoms with E-state index in [1.807, 2.05) is 0 Å². The quantitative estimate of drug-likeness (QED) is 0.490. The Morgan fingerprint density at radius 2 is 2.00 bits per heavy atom. The van der Waals surface area contributed by atoms with Gasteiger partial charge in [-0.15, -0.1) is 0 Å². The zero-order valence-corrected chi connectivity index (χ0v) is 8.11. The van der Waals surface area contributed by atoms with Gasteiger partial charge in [0.25, 0.3) is 0 Å². The first kappa shape index (κ1) is 9.44. The highest BCUT2D eigenvalue weighted by atomic mass is 79.9. The van der Waals surface area contributed by atoms with Crippen LogP contribution in [0.5, 0.6) is 0 Å². The largest absolute Gasteiger partial charge is 0.297 e. The Balaban J connectivity index is 3.06. The molecule has 0 radical (unpaired) electrons. The maximum absolute atomic E-state index is 3.39. The molecule has 56 valence electrons. The number of hydrogen-bond donors (Lipinski definition) is 0. The molecule has 0 aromatic rings. The summed E-state index contributed by atoms with van der Waals surface area (Å²) in [5.74, 6) is 0.825. The first-order valence-electron chi connectivity index (χ1n) is 3.41. The summed E-state index contributed by atoms with van der Waals surface area (Å²) in [6, 6.07) is 0. The fraction of sp³-hybridized carbons (Fsp3) is 1.00. The molecule has 0 aliphatic carbocycles. The molecule has 1 nitrogen and oxygen atoms in total. The molecule has 0 aliphatic rings. The second kappa shape index (κ2) is 5.24. The minimum Gasteiger partial charge on any atom is -0.297 e. The van der Waals surface area contributed by atoms with Gasteiger partial charge in [-0.2, -0.15) is 0 Å². The third-order valence-corrected chi connectivity index (χ3v) is 2.15. The van der Waals surface area contributed by atoms with Crippen LogP contribution >= 0.6 is 15.9 Å². The summed E-state index contributed by atoms with van der Waals surface area (Å²) in [7, 11) is 2.12. The van der Waals surface area contributed by atoms with Gasteiger partial charge in [-0.3, -0.25) is 4.90 Å². The van der Waals surface area contributed by atoms with E-state index in [0.717, 1.165) is 11.4 Å². The molecule has 0 saturated carbocycles. The smallest absolute Gasteiger partial charge is 0.0539 e. The van der Waals surface area contributed by atoms with Crippen LogP contribution in [0.25, 0.3) is 0 Å². The summed E-state index contributed by atoms with van der Waals surface area (Å²) in [6.45, 7) is 5.70. The van der Waals surface area contributed by atoms with E-state index in [1.165, 1.54) is 13.0 Å². The summed E-state index contributed by atoms with van der Waals surface area (Å²) >= 11 is 3.39. The van der Waals surface area contributed by atoms with Crippen LogP contribution in [-0.2, 0) is 0 Å². The second-order valence-corrected chi connectivity index (χ2v) is 3.38. The van der Waals surface area contributed by atoms with Crippen molar-refractivity contribution in [2.45, 2.75) is 20.3 Å². The predicted molar refractivity (Wildman–Crippen MR) is 45.9 cm³/mol. The molecule has 0 rings (SSSR count). The minimum absolute atomic E-state index is 0.825. The van der Waals surface area contributed by atoms with Crippen molar-refractivity contribution in [1.82, 2.24) is 4.90 Å². The number of halogens is 1. The van der Waals surface area contributed by atoms with Crippen molar-refractivity contribution in [2.24, 2.45) is 5.92 Å². The van der Waals surface area contributed by atoms with Crippen molar-refractivity contribution >= 4 is 15.9 Å². The lowest BCUT2D eigenvalue weighted by Gasteiger charge is -2.13. The van der Waals surface area contributed by atoms with Crippen LogP contribution in [0.4, 0.5) is 0 Å². The van der Waals surface area contributed by atoms with Gasteiger partial charge in [0.05, 0.1) is 5.45 Å². The number of alkyl halides is 1. The molecule has 0 atom stereocenters. The molecule has 0 unspecified atom stereocenters. The zero-order valence-electron chi connectivity index (χ0n) is 6.52. The molecule has 0 spiro atoms. The molecule has 2 heteroatoms. The highest BCUT2D eigenvalue weighted by Gasteiger charge is 1.96. The van der Waals surface area contributed by atoms with Gasteiger partial charge >= 0.3 is 0 Å². The predicted octanol–water partition coefficient (Wildman–Crippen LogP) is 2.32. The van der Waals surface area contributed by atoms with Crippen molar-refractivity contribution in [1.29, 1.82) is 0 Å². The summed E-state index contributed by atoms with van der Waals surface area (Å²) < 4.78 is 0. The molecule has 0 fully saturated rings. The fourth-order valence-electron chi connectivity index (χ4n) is 0.538. The standard InChI is InChI=1S/C7H16BrN/c1-7(2)4-5-9(3)6-8/h7H,4-6H2,1-3H3. The average molecular weight is 194 g/mol. The summed E-state index contributed by atoms with van der Waals surface area (Å²) in [5.41, 5.74) is 0.986. The topological polar surface area (TPSA) is 3.24 Å². The van der Waals surface area contributed by atoms with Crippen molar-refractivity contribution in [3.63, 3.8) is 0 Å². The van der Waals surface area contributed by atoms with Crippen LogP contribution in [0.15, 0.2) is 0 Å². The first-order valence-corrected chi connectivity index (χ1v) is 4.53. The molecule has 0 saturated heterocycles. The van der Waals surface area contributed by atoms with Crippen LogP contribution in [-0.4, -0.2) is 23.9 Å². The van der Waals surface area contributed by atoms with E-state index in [-0.39, 0.29) is 0 Å². The van der Waals surface area contributed by atoms with E-state index in [2.05, 4.69) is 41.7 Å². The summed E-state index contributed by atoms with van der Waals surface area (Å²) in [6.07, 6.45) is 1.29. The fourth-order valence-corrected chi connectivity index (χ4v) is 0.789. The Morgan fingerprint density at radius 1 is 1.44 bits per heavy atom. The van der Waals surface area contributed by atoms with Crippen LogP contribution in [0.1, 0.15) is 20.3 Å². The van der Waals surface area contributed by atoms with E-state index in [4.69, 9.17) is 0 Å². The Kier molecular flexibility index (Phi) is 5.50. The van der Waals surface area contributed by atoms with Gasteiger partial charge in [-0.05, 0) is 25.9 Å². The van der Waals surface area contributed by atoms with Crippen LogP contribution in [0.2, 0.25) is 0 Å². The highest BCUT2D eigenvalue weighted by molar-refractivity contribution is 9.09. The monoisotopic (exact) mass is 193 g/mol. The Bertz CT molecular complexity index is 63.9. The summed E-state index contributed by atoms with van der Waals surface area (Å²) in [5, 5.41) is 0. The SMILES string of the molecule is CC(C)CCN(C)CBr. The van der Waals surface area contributed by atoms with Crippen molar-refractivity contribution in [2.75, 3.05) is 19.0 Å². The third kappa shape index (κ3) is 6.32. The number of hydrogen-bond acceptors (Lipinski definition) is 1. The number of rotatable bonds is 4. The van der Waals surface area contributed by atoms with Gasteiger partial charge in [-0.25, -0.2) is 0 Å². The third-order valence-electron chi connectivity index (χ3n) is 1.29. The average Bonchev–Trinajstić information content (AvgIpc) is 1.83. The van der Waals surface area contributed by atoms with Crippen LogP contribution in [0.3, 0.4) is 0 Å². The minimum atomic E-state index is 0.825. The lowest BCUT2D eigenvalue weighted by atomic mass is 10.1. The lowest BCUT2D eigenvalue weighted by Crippen LogP contribution is -2.18. The van der Waals surface area contributed by atoms with Gasteiger partial charge in [-0.1, -0.05) is 29.8 Å². The molecule has 0 aromatic carbocycles. The van der Waals surface area contributed by atoms with Gasteiger partial charge < -0.3 is 0 Å². The Labute approximate surface area is 66.6 Å². The molecule has 0 bridgehead atoms. The molecule has 0 amide bonds. The maximum atomic E-state index is 3.39. The number of nitrogens with zero attached hydrogens (tertiary/aromatic N) is 1. The van der Waals surface area contributed by atoms with Crippen LogP contribution < -0.4 is 0 Å². The molecule has 0 aromatic heterocycles.